The molecular formula is C26H31N5O5S. The van der Waals surface area contributed by atoms with Crippen LogP contribution in [0.5, 0.6) is 0 Å². The molecule has 1 spiro atoms. The molecule has 0 saturated carbocycles. The third-order valence-electron chi connectivity index (χ3n) is 7.46. The average Bonchev–Trinajstić information content (AvgIpc) is 3.41. The molecule has 3 N–H and O–H groups in total. The van der Waals surface area contributed by atoms with Gasteiger partial charge in [0.25, 0.3) is 11.8 Å². The summed E-state index contributed by atoms with van der Waals surface area (Å²) in [5.41, 5.74) is 5.68. The molecular weight excluding hydrogens is 494 g/mol. The molecule has 1 atom stereocenters. The van der Waals surface area contributed by atoms with Crippen LogP contribution in [0.25, 0.3) is 10.4 Å². The van der Waals surface area contributed by atoms with Crippen molar-refractivity contribution in [3.63, 3.8) is 0 Å². The number of hydrogen-bond acceptors (Lipinski definition) is 7. The molecule has 10 nitrogen and oxygen atoms in total. The van der Waals surface area contributed by atoms with Crippen LogP contribution in [0.3, 0.4) is 0 Å². The van der Waals surface area contributed by atoms with Crippen LogP contribution < -0.4 is 11.1 Å². The predicted octanol–water partition coefficient (Wildman–Crippen LogP) is 3.34. The fourth-order valence-corrected chi connectivity index (χ4v) is 6.65. The van der Waals surface area contributed by atoms with Gasteiger partial charge >= 0.3 is 12.1 Å². The minimum atomic E-state index is -1.09. The molecule has 4 heterocycles. The van der Waals surface area contributed by atoms with Gasteiger partial charge in [0.05, 0.1) is 5.56 Å². The summed E-state index contributed by atoms with van der Waals surface area (Å²) in [6, 6.07) is 11.0. The number of benzene rings is 1. The maximum atomic E-state index is 13.5. The molecule has 5 amide bonds. The molecule has 3 fully saturated rings. The highest BCUT2D eigenvalue weighted by Crippen LogP contribution is 2.38. The molecule has 37 heavy (non-hydrogen) atoms. The van der Waals surface area contributed by atoms with Crippen molar-refractivity contribution >= 4 is 40.3 Å². The number of likely N-dealkylation sites (N-methyl/N-ethyl adjacent to an activating group) is 1. The number of amides is 5. The second kappa shape index (κ2) is 10.1. The van der Waals surface area contributed by atoms with Gasteiger partial charge in [-0.3, -0.25) is 19.8 Å². The van der Waals surface area contributed by atoms with E-state index in [9.17, 15) is 19.2 Å². The van der Waals surface area contributed by atoms with E-state index < -0.39 is 17.7 Å². The number of carbonyl (C=O) groups excluding carboxylic acids is 4. The second-order valence-electron chi connectivity index (χ2n) is 9.72. The van der Waals surface area contributed by atoms with Crippen molar-refractivity contribution in [2.45, 2.75) is 44.2 Å². The highest BCUT2D eigenvalue weighted by atomic mass is 32.1. The Balaban J connectivity index is 1.26. The Morgan fingerprint density at radius 2 is 1.89 bits per heavy atom. The quantitative estimate of drug-likeness (QED) is 0.617. The van der Waals surface area contributed by atoms with Crippen LogP contribution in [0.2, 0.25) is 0 Å². The van der Waals surface area contributed by atoms with Crippen molar-refractivity contribution < 1.29 is 23.9 Å². The molecule has 1 aromatic heterocycles. The highest BCUT2D eigenvalue weighted by Gasteiger charge is 2.55. The zero-order valence-electron chi connectivity index (χ0n) is 20.8. The van der Waals surface area contributed by atoms with Gasteiger partial charge in [-0.2, -0.15) is 0 Å². The van der Waals surface area contributed by atoms with Crippen LogP contribution in [0.1, 0.15) is 43.0 Å². The highest BCUT2D eigenvalue weighted by molar-refractivity contribution is 7.20. The Bertz CT molecular complexity index is 1210. The SMILES string of the molecule is CCN1C(=O)OC2(CCCN(C3CCN(C(=O)c4cc(-c5ccccc5)sc4NC(N)=O)CC3)C2)C1=O. The molecule has 3 aliphatic rings. The number of imide groups is 1. The molecule has 3 saturated heterocycles. The first-order valence-electron chi connectivity index (χ1n) is 12.7. The van der Waals surface area contributed by atoms with Gasteiger partial charge in [0.15, 0.2) is 0 Å². The summed E-state index contributed by atoms with van der Waals surface area (Å²) in [4.78, 5) is 56.3. The van der Waals surface area contributed by atoms with E-state index in [1.54, 1.807) is 11.8 Å². The summed E-state index contributed by atoms with van der Waals surface area (Å²) < 4.78 is 5.62. The first-order chi connectivity index (χ1) is 17.8. The number of nitrogens with one attached hydrogen (secondary N) is 1. The largest absolute Gasteiger partial charge is 0.431 e. The first-order valence-corrected chi connectivity index (χ1v) is 13.5. The van der Waals surface area contributed by atoms with Gasteiger partial charge in [0.1, 0.15) is 5.00 Å². The van der Waals surface area contributed by atoms with Crippen molar-refractivity contribution in [1.82, 2.24) is 14.7 Å². The standard InChI is InChI=1S/C26H31N5O5S/c1-2-31-23(33)26(36-25(31)35)11-6-12-30(16-26)18-9-13-29(14-10-18)22(32)19-15-20(17-7-4-3-5-8-17)37-21(19)28-24(27)34/h3-5,7-8,15,18H,2,6,9-14,16H2,1H3,(H3,27,28,34). The van der Waals surface area contributed by atoms with Crippen molar-refractivity contribution in [3.8, 4) is 10.4 Å². The smallest absolute Gasteiger partial charge is 0.417 e. The number of ether oxygens (including phenoxy) is 1. The average molecular weight is 526 g/mol. The minimum absolute atomic E-state index is 0.144. The molecule has 11 heteroatoms. The van der Waals surface area contributed by atoms with Crippen LogP contribution >= 0.6 is 11.3 Å². The number of primary amides is 1. The van der Waals surface area contributed by atoms with Crippen LogP contribution in [0.4, 0.5) is 14.6 Å². The van der Waals surface area contributed by atoms with E-state index in [-0.39, 0.29) is 17.9 Å². The zero-order chi connectivity index (χ0) is 26.2. The summed E-state index contributed by atoms with van der Waals surface area (Å²) >= 11 is 1.32. The summed E-state index contributed by atoms with van der Waals surface area (Å²) in [6.07, 6.45) is 2.25. The van der Waals surface area contributed by atoms with Crippen molar-refractivity contribution in [2.24, 2.45) is 5.73 Å². The van der Waals surface area contributed by atoms with E-state index in [0.717, 1.165) is 36.2 Å². The number of thiophene rings is 1. The Labute approximate surface area is 219 Å². The Morgan fingerprint density at radius 1 is 1.16 bits per heavy atom. The second-order valence-corrected chi connectivity index (χ2v) is 10.8. The lowest BCUT2D eigenvalue weighted by atomic mass is 9.89. The van der Waals surface area contributed by atoms with E-state index in [1.165, 1.54) is 16.2 Å². The number of nitrogens with two attached hydrogens (primary N) is 1. The fourth-order valence-electron chi connectivity index (χ4n) is 5.59. The summed E-state index contributed by atoms with van der Waals surface area (Å²) in [5.74, 6) is -0.382. The maximum Gasteiger partial charge on any atom is 0.417 e. The summed E-state index contributed by atoms with van der Waals surface area (Å²) in [6.45, 7) is 4.40. The van der Waals surface area contributed by atoms with Crippen LogP contribution in [0, 0.1) is 0 Å². The van der Waals surface area contributed by atoms with Crippen LogP contribution in [-0.4, -0.2) is 83.0 Å². The number of anilines is 1. The number of likely N-dealkylation sites (tertiary alicyclic amines) is 2. The number of urea groups is 1. The Hall–Kier alpha value is -3.44. The van der Waals surface area contributed by atoms with Crippen molar-refractivity contribution in [1.29, 1.82) is 0 Å². The lowest BCUT2D eigenvalue weighted by Crippen LogP contribution is -2.58. The van der Waals surface area contributed by atoms with E-state index in [0.29, 0.717) is 43.2 Å². The first kappa shape index (κ1) is 25.2. The predicted molar refractivity (Wildman–Crippen MR) is 139 cm³/mol. The molecule has 3 aliphatic heterocycles. The Kier molecular flexibility index (Phi) is 6.91. The number of carbonyl (C=O) groups is 4. The van der Waals surface area contributed by atoms with E-state index >= 15 is 0 Å². The molecule has 5 rings (SSSR count). The third kappa shape index (κ3) is 4.80. The number of rotatable bonds is 5. The topological polar surface area (TPSA) is 125 Å². The normalized spacial score (nSPS) is 22.9. The lowest BCUT2D eigenvalue weighted by molar-refractivity contribution is -0.142. The third-order valence-corrected chi connectivity index (χ3v) is 8.56. The van der Waals surface area contributed by atoms with Crippen LogP contribution in [0.15, 0.2) is 36.4 Å². The number of hydrogen-bond donors (Lipinski definition) is 2. The number of nitrogens with zero attached hydrogens (tertiary/aromatic N) is 3. The summed E-state index contributed by atoms with van der Waals surface area (Å²) in [5, 5.41) is 3.06. The molecule has 0 radical (unpaired) electrons. The summed E-state index contributed by atoms with van der Waals surface area (Å²) in [7, 11) is 0. The molecule has 196 valence electrons. The van der Waals surface area contributed by atoms with Gasteiger partial charge in [-0.15, -0.1) is 11.3 Å². The molecule has 1 unspecified atom stereocenters. The minimum Gasteiger partial charge on any atom is -0.431 e. The number of piperidine rings is 2. The van der Waals surface area contributed by atoms with Gasteiger partial charge in [-0.25, -0.2) is 14.5 Å². The molecule has 0 aliphatic carbocycles. The van der Waals surface area contributed by atoms with Gasteiger partial charge in [0.2, 0.25) is 5.60 Å². The van der Waals surface area contributed by atoms with E-state index in [2.05, 4.69) is 10.2 Å². The van der Waals surface area contributed by atoms with Gasteiger partial charge in [0, 0.05) is 37.1 Å². The van der Waals surface area contributed by atoms with Crippen LogP contribution in [-0.2, 0) is 9.53 Å². The molecule has 1 aromatic carbocycles. The molecule has 2 aromatic rings. The van der Waals surface area contributed by atoms with Crippen molar-refractivity contribution in [3.05, 3.63) is 42.0 Å². The zero-order valence-corrected chi connectivity index (χ0v) is 21.6. The van der Waals surface area contributed by atoms with E-state index in [4.69, 9.17) is 10.5 Å². The fraction of sp³-hybridized carbons (Fsp3) is 0.462. The lowest BCUT2D eigenvalue weighted by Gasteiger charge is -2.44. The maximum absolute atomic E-state index is 13.5. The molecule has 0 bridgehead atoms. The van der Waals surface area contributed by atoms with Gasteiger partial charge in [-0.1, -0.05) is 30.3 Å². The van der Waals surface area contributed by atoms with Gasteiger partial charge < -0.3 is 15.4 Å². The Morgan fingerprint density at radius 3 is 2.54 bits per heavy atom. The monoisotopic (exact) mass is 525 g/mol. The van der Waals surface area contributed by atoms with Crippen molar-refractivity contribution in [2.75, 3.05) is 38.0 Å². The van der Waals surface area contributed by atoms with Gasteiger partial charge in [-0.05, 0) is 50.8 Å². The van der Waals surface area contributed by atoms with E-state index in [1.807, 2.05) is 36.4 Å².